The summed E-state index contributed by atoms with van der Waals surface area (Å²) < 4.78 is 0. The van der Waals surface area contributed by atoms with Crippen LogP contribution in [0.1, 0.15) is 27.7 Å². The molecule has 120 valence electrons. The Labute approximate surface area is 127 Å². The maximum absolute atomic E-state index is 12.1. The summed E-state index contributed by atoms with van der Waals surface area (Å²) in [4.78, 5) is 37.5. The van der Waals surface area contributed by atoms with E-state index in [0.717, 1.165) is 0 Å². The molecule has 0 saturated heterocycles. The van der Waals surface area contributed by atoms with Crippen LogP contribution in [0.4, 0.5) is 0 Å². The largest absolute Gasteiger partial charge is 0.350 e. The molecule has 0 rings (SSSR count). The van der Waals surface area contributed by atoms with Crippen LogP contribution in [0.5, 0.6) is 0 Å². The topological polar surface area (TPSA) is 69.7 Å². The minimum absolute atomic E-state index is 0.0427. The second kappa shape index (κ2) is 9.15. The quantitative estimate of drug-likeness (QED) is 0.528. The van der Waals surface area contributed by atoms with Gasteiger partial charge in [-0.25, -0.2) is 0 Å². The van der Waals surface area contributed by atoms with Crippen LogP contribution in [0.3, 0.4) is 0 Å². The number of nitrogens with zero attached hydrogens (tertiary/aromatic N) is 2. The molecule has 1 N–H and O–H groups in total. The molecule has 0 aromatic rings. The number of rotatable bonds is 8. The molecule has 0 aliphatic carbocycles. The van der Waals surface area contributed by atoms with Crippen molar-refractivity contribution in [2.75, 3.05) is 27.2 Å². The Morgan fingerprint density at radius 3 is 2.24 bits per heavy atom. The summed E-state index contributed by atoms with van der Waals surface area (Å²) in [5, 5.41) is 2.36. The second-order valence-corrected chi connectivity index (χ2v) is 5.41. The predicted molar refractivity (Wildman–Crippen MR) is 82.5 cm³/mol. The molecule has 0 aromatic heterocycles. The normalized spacial score (nSPS) is 12.8. The first-order valence-corrected chi connectivity index (χ1v) is 7.12. The zero-order valence-corrected chi connectivity index (χ0v) is 13.8. The Bertz CT molecular complexity index is 405. The van der Waals surface area contributed by atoms with Gasteiger partial charge in [0.1, 0.15) is 0 Å². The maximum atomic E-state index is 12.1. The molecule has 0 fully saturated rings. The Morgan fingerprint density at radius 2 is 1.81 bits per heavy atom. The molecule has 0 aliphatic heterocycles. The average Bonchev–Trinajstić information content (AvgIpc) is 2.47. The van der Waals surface area contributed by atoms with Crippen molar-refractivity contribution in [2.24, 2.45) is 5.92 Å². The predicted octanol–water partition coefficient (Wildman–Crippen LogP) is 0.640. The van der Waals surface area contributed by atoms with Gasteiger partial charge in [-0.3, -0.25) is 14.4 Å². The fourth-order valence-electron chi connectivity index (χ4n) is 1.94. The Kier molecular flexibility index (Phi) is 8.35. The number of carbonyl (C=O) groups is 3. The van der Waals surface area contributed by atoms with Gasteiger partial charge in [0.25, 0.3) is 0 Å². The SMILES string of the molecule is CCN(C)C(=O)/C(C)=C/C(C(C)C)N(C)C(=O)CNC=O. The Hall–Kier alpha value is -1.85. The summed E-state index contributed by atoms with van der Waals surface area (Å²) in [5.41, 5.74) is 0.612. The Balaban J connectivity index is 5.10. The summed E-state index contributed by atoms with van der Waals surface area (Å²) >= 11 is 0. The van der Waals surface area contributed by atoms with E-state index in [2.05, 4.69) is 5.32 Å². The number of carbonyl (C=O) groups excluding carboxylic acids is 3. The lowest BCUT2D eigenvalue weighted by atomic mass is 9.99. The number of nitrogens with one attached hydrogen (secondary N) is 1. The van der Waals surface area contributed by atoms with E-state index in [1.165, 1.54) is 0 Å². The van der Waals surface area contributed by atoms with Crippen molar-refractivity contribution in [3.05, 3.63) is 11.6 Å². The zero-order valence-electron chi connectivity index (χ0n) is 13.8. The van der Waals surface area contributed by atoms with E-state index in [9.17, 15) is 14.4 Å². The van der Waals surface area contributed by atoms with Gasteiger partial charge >= 0.3 is 0 Å². The lowest BCUT2D eigenvalue weighted by Gasteiger charge is -2.29. The first-order valence-electron chi connectivity index (χ1n) is 7.12. The van der Waals surface area contributed by atoms with Gasteiger partial charge in [0.05, 0.1) is 12.6 Å². The lowest BCUT2D eigenvalue weighted by molar-refractivity contribution is -0.132. The summed E-state index contributed by atoms with van der Waals surface area (Å²) in [6.07, 6.45) is 2.31. The molecule has 1 atom stereocenters. The molecule has 0 bridgehead atoms. The molecule has 0 heterocycles. The van der Waals surface area contributed by atoms with Crippen molar-refractivity contribution in [3.63, 3.8) is 0 Å². The molecular formula is C15H27N3O3. The van der Waals surface area contributed by atoms with Gasteiger partial charge in [0, 0.05) is 26.2 Å². The standard InChI is InChI=1S/C15H27N3O3/c1-7-17(5)15(21)12(4)8-13(11(2)3)18(6)14(20)9-16-10-19/h8,10-11,13H,7,9H2,1-6H3,(H,16,19)/b12-8+. The molecule has 0 aromatic carbocycles. The van der Waals surface area contributed by atoms with Gasteiger partial charge < -0.3 is 15.1 Å². The first kappa shape index (κ1) is 19.1. The molecule has 0 radical (unpaired) electrons. The molecule has 21 heavy (non-hydrogen) atoms. The highest BCUT2D eigenvalue weighted by Crippen LogP contribution is 2.14. The van der Waals surface area contributed by atoms with Gasteiger partial charge in [-0.2, -0.15) is 0 Å². The molecule has 0 saturated carbocycles. The summed E-state index contributed by atoms with van der Waals surface area (Å²) in [6.45, 7) is 8.23. The van der Waals surface area contributed by atoms with E-state index in [-0.39, 0.29) is 30.3 Å². The smallest absolute Gasteiger partial charge is 0.248 e. The van der Waals surface area contributed by atoms with Gasteiger partial charge in [-0.05, 0) is 19.8 Å². The van der Waals surface area contributed by atoms with Crippen LogP contribution >= 0.6 is 0 Å². The van der Waals surface area contributed by atoms with Crippen molar-refractivity contribution in [3.8, 4) is 0 Å². The van der Waals surface area contributed by atoms with E-state index < -0.39 is 0 Å². The monoisotopic (exact) mass is 297 g/mol. The first-order chi connectivity index (χ1) is 9.76. The fraction of sp³-hybridized carbons (Fsp3) is 0.667. The second-order valence-electron chi connectivity index (χ2n) is 5.41. The van der Waals surface area contributed by atoms with Crippen LogP contribution in [-0.4, -0.2) is 61.3 Å². The number of hydrogen-bond acceptors (Lipinski definition) is 3. The van der Waals surface area contributed by atoms with Crippen molar-refractivity contribution >= 4 is 18.2 Å². The van der Waals surface area contributed by atoms with Crippen LogP contribution in [0.2, 0.25) is 0 Å². The third-order valence-corrected chi connectivity index (χ3v) is 3.44. The third-order valence-electron chi connectivity index (χ3n) is 3.44. The van der Waals surface area contributed by atoms with Gasteiger partial charge in [0.2, 0.25) is 18.2 Å². The molecule has 3 amide bonds. The Morgan fingerprint density at radius 1 is 1.24 bits per heavy atom. The number of amides is 3. The summed E-state index contributed by atoms with van der Waals surface area (Å²) in [6, 6.07) is -0.194. The van der Waals surface area contributed by atoms with Crippen molar-refractivity contribution < 1.29 is 14.4 Å². The molecular weight excluding hydrogens is 270 g/mol. The lowest BCUT2D eigenvalue weighted by Crippen LogP contribution is -2.43. The van der Waals surface area contributed by atoms with Gasteiger partial charge in [-0.1, -0.05) is 19.9 Å². The zero-order chi connectivity index (χ0) is 16.6. The highest BCUT2D eigenvalue weighted by atomic mass is 16.2. The van der Waals surface area contributed by atoms with E-state index in [4.69, 9.17) is 0 Å². The third kappa shape index (κ3) is 5.97. The van der Waals surface area contributed by atoms with E-state index in [1.807, 2.05) is 26.8 Å². The summed E-state index contributed by atoms with van der Waals surface area (Å²) in [7, 11) is 3.42. The molecule has 6 nitrogen and oxygen atoms in total. The maximum Gasteiger partial charge on any atom is 0.248 e. The molecule has 1 unspecified atom stereocenters. The van der Waals surface area contributed by atoms with Gasteiger partial charge in [-0.15, -0.1) is 0 Å². The van der Waals surface area contributed by atoms with E-state index >= 15 is 0 Å². The van der Waals surface area contributed by atoms with Crippen LogP contribution in [0.25, 0.3) is 0 Å². The minimum Gasteiger partial charge on any atom is -0.350 e. The highest BCUT2D eigenvalue weighted by molar-refractivity contribution is 5.92. The van der Waals surface area contributed by atoms with Gasteiger partial charge in [0.15, 0.2) is 0 Å². The van der Waals surface area contributed by atoms with Crippen LogP contribution in [-0.2, 0) is 14.4 Å². The van der Waals surface area contributed by atoms with Crippen molar-refractivity contribution in [1.29, 1.82) is 0 Å². The number of likely N-dealkylation sites (N-methyl/N-ethyl adjacent to an activating group) is 2. The molecule has 6 heteroatoms. The number of hydrogen-bond donors (Lipinski definition) is 1. The van der Waals surface area contributed by atoms with Crippen molar-refractivity contribution in [2.45, 2.75) is 33.7 Å². The van der Waals surface area contributed by atoms with Crippen LogP contribution in [0, 0.1) is 5.92 Å². The van der Waals surface area contributed by atoms with E-state index in [0.29, 0.717) is 18.5 Å². The summed E-state index contributed by atoms with van der Waals surface area (Å²) in [5.74, 6) is -0.0824. The van der Waals surface area contributed by atoms with E-state index in [1.54, 1.807) is 30.8 Å². The van der Waals surface area contributed by atoms with Crippen LogP contribution < -0.4 is 5.32 Å². The highest BCUT2D eigenvalue weighted by Gasteiger charge is 2.22. The van der Waals surface area contributed by atoms with Crippen LogP contribution in [0.15, 0.2) is 11.6 Å². The fourth-order valence-corrected chi connectivity index (χ4v) is 1.94. The minimum atomic E-state index is -0.194. The molecule has 0 aliphatic rings. The average molecular weight is 297 g/mol. The van der Waals surface area contributed by atoms with Crippen molar-refractivity contribution in [1.82, 2.24) is 15.1 Å². The molecule has 0 spiro atoms.